The van der Waals surface area contributed by atoms with Crippen LogP contribution in [0.2, 0.25) is 0 Å². The summed E-state index contributed by atoms with van der Waals surface area (Å²) in [5.74, 6) is 0.0559. The van der Waals surface area contributed by atoms with Gasteiger partial charge in [-0.2, -0.15) is 5.10 Å². The maximum atomic E-state index is 13.4. The Balaban J connectivity index is 1.27. The van der Waals surface area contributed by atoms with E-state index in [1.165, 1.54) is 24.5 Å². The average molecular weight is 453 g/mol. The number of H-pyrrole nitrogens is 1. The number of carbonyl (C=O) groups excluding carboxylic acids is 2. The summed E-state index contributed by atoms with van der Waals surface area (Å²) >= 11 is 0. The van der Waals surface area contributed by atoms with Crippen LogP contribution in [0.5, 0.6) is 0 Å². The number of nitrogens with zero attached hydrogens (tertiary/aromatic N) is 2. The fraction of sp³-hybridized carbons (Fsp3) is 0.320. The largest absolute Gasteiger partial charge is 0.465 e. The maximum Gasteiger partial charge on any atom is 0.244 e. The van der Waals surface area contributed by atoms with Gasteiger partial charge in [0.1, 0.15) is 11.6 Å². The van der Waals surface area contributed by atoms with E-state index in [-0.39, 0.29) is 30.6 Å². The predicted molar refractivity (Wildman–Crippen MR) is 125 cm³/mol. The van der Waals surface area contributed by atoms with Crippen LogP contribution in [0, 0.1) is 5.82 Å². The van der Waals surface area contributed by atoms with Crippen molar-refractivity contribution in [3.63, 3.8) is 0 Å². The Morgan fingerprint density at radius 1 is 1.18 bits per heavy atom. The number of aromatic nitrogens is 2. The first kappa shape index (κ1) is 24.0. The Morgan fingerprint density at radius 3 is 2.85 bits per heavy atom. The normalized spacial score (nSPS) is 11.1. The number of unbranched alkanes of at least 4 members (excludes halogenated alkanes) is 2. The first-order valence-electron chi connectivity index (χ1n) is 11.0. The van der Waals surface area contributed by atoms with Crippen LogP contribution in [0.1, 0.15) is 37.1 Å². The van der Waals surface area contributed by atoms with Crippen molar-refractivity contribution in [2.45, 2.75) is 32.1 Å². The third-order valence-electron chi connectivity index (χ3n) is 5.20. The third-order valence-corrected chi connectivity index (χ3v) is 5.20. The van der Waals surface area contributed by atoms with Gasteiger partial charge in [-0.1, -0.05) is 18.6 Å². The lowest BCUT2D eigenvalue weighted by Gasteiger charge is -2.17. The van der Waals surface area contributed by atoms with Crippen molar-refractivity contribution < 1.29 is 18.4 Å². The minimum Gasteiger partial charge on any atom is -0.465 e. The molecule has 0 saturated carbocycles. The molecule has 2 N–H and O–H groups in total. The van der Waals surface area contributed by atoms with Crippen LogP contribution >= 0.6 is 0 Å². The van der Waals surface area contributed by atoms with Crippen molar-refractivity contribution in [3.05, 3.63) is 72.1 Å². The second kappa shape index (κ2) is 12.4. The van der Waals surface area contributed by atoms with Gasteiger partial charge in [0.05, 0.1) is 12.0 Å². The highest BCUT2D eigenvalue weighted by atomic mass is 19.1. The number of hydrogen-bond acceptors (Lipinski definition) is 4. The molecular formula is C25H29FN4O3. The van der Waals surface area contributed by atoms with E-state index in [4.69, 9.17) is 4.42 Å². The molecule has 0 aliphatic rings. The number of benzene rings is 1. The summed E-state index contributed by atoms with van der Waals surface area (Å²) in [7, 11) is 1.78. The van der Waals surface area contributed by atoms with Crippen LogP contribution in [0.4, 0.5) is 4.39 Å². The Morgan fingerprint density at radius 2 is 2.06 bits per heavy atom. The minimum atomic E-state index is -0.278. The number of hydrogen-bond donors (Lipinski definition) is 2. The van der Waals surface area contributed by atoms with Gasteiger partial charge < -0.3 is 14.6 Å². The Labute approximate surface area is 192 Å². The lowest BCUT2D eigenvalue weighted by molar-refractivity contribution is -0.129. The van der Waals surface area contributed by atoms with Crippen LogP contribution in [-0.4, -0.2) is 47.0 Å². The molecule has 3 rings (SSSR count). The average Bonchev–Trinajstić information content (AvgIpc) is 3.49. The molecule has 174 valence electrons. The van der Waals surface area contributed by atoms with Crippen molar-refractivity contribution in [2.75, 3.05) is 20.1 Å². The molecular weight excluding hydrogens is 423 g/mol. The molecule has 3 aromatic rings. The first-order chi connectivity index (χ1) is 16.0. The number of rotatable bonds is 12. The van der Waals surface area contributed by atoms with Gasteiger partial charge in [0, 0.05) is 43.9 Å². The van der Waals surface area contributed by atoms with Crippen LogP contribution in [0.3, 0.4) is 0 Å². The number of aryl methyl sites for hydroxylation is 1. The monoisotopic (exact) mass is 452 g/mol. The molecule has 0 aliphatic heterocycles. The van der Waals surface area contributed by atoms with E-state index >= 15 is 0 Å². The summed E-state index contributed by atoms with van der Waals surface area (Å²) in [4.78, 5) is 25.7. The van der Waals surface area contributed by atoms with Crippen LogP contribution in [-0.2, 0) is 16.0 Å². The maximum absolute atomic E-state index is 13.4. The fourth-order valence-corrected chi connectivity index (χ4v) is 3.34. The van der Waals surface area contributed by atoms with Crippen molar-refractivity contribution in [1.82, 2.24) is 20.4 Å². The van der Waals surface area contributed by atoms with E-state index in [0.29, 0.717) is 12.3 Å². The number of halogens is 1. The van der Waals surface area contributed by atoms with E-state index in [0.717, 1.165) is 42.6 Å². The molecule has 0 saturated heterocycles. The molecule has 7 nitrogen and oxygen atoms in total. The highest BCUT2D eigenvalue weighted by molar-refractivity contribution is 5.91. The van der Waals surface area contributed by atoms with Gasteiger partial charge >= 0.3 is 0 Å². The second-order valence-corrected chi connectivity index (χ2v) is 7.80. The Kier molecular flexibility index (Phi) is 8.99. The number of aromatic amines is 1. The summed E-state index contributed by atoms with van der Waals surface area (Å²) < 4.78 is 18.5. The van der Waals surface area contributed by atoms with E-state index in [1.807, 2.05) is 12.1 Å². The third kappa shape index (κ3) is 8.07. The van der Waals surface area contributed by atoms with E-state index < -0.39 is 0 Å². The molecule has 8 heteroatoms. The summed E-state index contributed by atoms with van der Waals surface area (Å²) in [5.41, 5.74) is 2.50. The molecule has 2 amide bonds. The standard InChI is InChI=1S/C25H29FN4O3/c1-30(25(32)13-14-27-24(31)12-11-22-10-6-16-33-22)15-4-2-3-9-21-18-23(29-28-21)19-7-5-8-20(26)17-19/h5-8,10-12,16-18H,2-4,9,13-15H2,1H3,(H,27,31)(H,28,29)/b12-11+. The van der Waals surface area contributed by atoms with Crippen molar-refractivity contribution in [3.8, 4) is 11.3 Å². The molecule has 0 bridgehead atoms. The molecule has 2 aromatic heterocycles. The zero-order valence-corrected chi connectivity index (χ0v) is 18.7. The predicted octanol–water partition coefficient (Wildman–Crippen LogP) is 4.20. The van der Waals surface area contributed by atoms with Crippen LogP contribution < -0.4 is 5.32 Å². The van der Waals surface area contributed by atoms with Gasteiger partial charge in [-0.15, -0.1) is 0 Å². The summed E-state index contributed by atoms with van der Waals surface area (Å²) in [6, 6.07) is 11.8. The molecule has 0 unspecified atom stereocenters. The van der Waals surface area contributed by atoms with Crippen molar-refractivity contribution >= 4 is 17.9 Å². The van der Waals surface area contributed by atoms with Crippen molar-refractivity contribution in [2.24, 2.45) is 0 Å². The summed E-state index contributed by atoms with van der Waals surface area (Å²) in [5, 5.41) is 9.97. The molecule has 0 atom stereocenters. The Hall–Kier alpha value is -3.68. The molecule has 2 heterocycles. The van der Waals surface area contributed by atoms with Gasteiger partial charge in [0.2, 0.25) is 11.8 Å². The second-order valence-electron chi connectivity index (χ2n) is 7.80. The lowest BCUT2D eigenvalue weighted by atomic mass is 10.1. The molecule has 0 radical (unpaired) electrons. The smallest absolute Gasteiger partial charge is 0.244 e. The zero-order valence-electron chi connectivity index (χ0n) is 18.7. The van der Waals surface area contributed by atoms with Gasteiger partial charge in [0.15, 0.2) is 0 Å². The van der Waals surface area contributed by atoms with Crippen LogP contribution in [0.25, 0.3) is 17.3 Å². The highest BCUT2D eigenvalue weighted by Gasteiger charge is 2.09. The van der Waals surface area contributed by atoms with E-state index in [9.17, 15) is 14.0 Å². The topological polar surface area (TPSA) is 91.2 Å². The first-order valence-corrected chi connectivity index (χ1v) is 11.0. The van der Waals surface area contributed by atoms with Gasteiger partial charge in [-0.05, 0) is 55.7 Å². The van der Waals surface area contributed by atoms with E-state index in [1.54, 1.807) is 36.2 Å². The van der Waals surface area contributed by atoms with E-state index in [2.05, 4.69) is 15.5 Å². The number of amides is 2. The zero-order chi connectivity index (χ0) is 23.5. The van der Waals surface area contributed by atoms with Gasteiger partial charge in [0.25, 0.3) is 0 Å². The number of carbonyl (C=O) groups is 2. The Bertz CT molecular complexity index is 1060. The SMILES string of the molecule is CN(CCCCCc1cc(-c2cccc(F)c2)n[nH]1)C(=O)CCNC(=O)/C=C/c1ccco1. The summed E-state index contributed by atoms with van der Waals surface area (Å²) in [6.07, 6.45) is 8.43. The minimum absolute atomic E-state index is 0.00128. The fourth-order valence-electron chi connectivity index (χ4n) is 3.34. The van der Waals surface area contributed by atoms with Crippen molar-refractivity contribution in [1.29, 1.82) is 0 Å². The molecule has 0 spiro atoms. The number of nitrogens with one attached hydrogen (secondary N) is 2. The molecule has 33 heavy (non-hydrogen) atoms. The van der Waals surface area contributed by atoms with Gasteiger partial charge in [-0.3, -0.25) is 14.7 Å². The molecule has 1 aromatic carbocycles. The highest BCUT2D eigenvalue weighted by Crippen LogP contribution is 2.19. The van der Waals surface area contributed by atoms with Gasteiger partial charge in [-0.25, -0.2) is 4.39 Å². The number of furan rings is 1. The lowest BCUT2D eigenvalue weighted by Crippen LogP contribution is -2.32. The van der Waals surface area contributed by atoms with Crippen LogP contribution in [0.15, 0.2) is 59.2 Å². The quantitative estimate of drug-likeness (QED) is 0.318. The molecule has 0 aliphatic carbocycles. The molecule has 0 fully saturated rings. The summed E-state index contributed by atoms with van der Waals surface area (Å²) in [6.45, 7) is 0.959.